The van der Waals surface area contributed by atoms with Crippen LogP contribution in [0.15, 0.2) is 17.3 Å². The molecule has 2 unspecified atom stereocenters. The van der Waals surface area contributed by atoms with Crippen molar-refractivity contribution >= 4 is 28.8 Å². The number of fused-ring (bicyclic) bond motifs is 1. The van der Waals surface area contributed by atoms with Crippen molar-refractivity contribution < 1.29 is 18.7 Å². The maximum atomic E-state index is 14.1. The molecule has 1 fully saturated rings. The Kier molecular flexibility index (Phi) is 3.61. The van der Waals surface area contributed by atoms with E-state index < -0.39 is 17.6 Å². The third kappa shape index (κ3) is 2.50. The first kappa shape index (κ1) is 14.3. The molecular weight excluding hydrogens is 298 g/mol. The number of carboxylic acids is 1. The van der Waals surface area contributed by atoms with Crippen LogP contribution in [0.5, 0.6) is 0 Å². The number of thioether (sulfide) groups is 1. The molecule has 0 saturated heterocycles. The van der Waals surface area contributed by atoms with Gasteiger partial charge < -0.3 is 9.67 Å². The largest absolute Gasteiger partial charge is 0.481 e. The standard InChI is InChI=1S/C14H14F2N2O2S/c1-2-7-5-10(7)18-13-9(4-3-8(15)12(13)16)17-14(18)21-6-11(19)20/h3-4,7,10H,2,5-6H2,1H3,(H,19,20). The van der Waals surface area contributed by atoms with Crippen molar-refractivity contribution in [3.05, 3.63) is 23.8 Å². The van der Waals surface area contributed by atoms with Crippen LogP contribution >= 0.6 is 11.8 Å². The average Bonchev–Trinajstić information content (AvgIpc) is 3.13. The molecule has 0 spiro atoms. The molecule has 112 valence electrons. The number of carbonyl (C=O) groups is 1. The molecule has 1 saturated carbocycles. The van der Waals surface area contributed by atoms with Crippen molar-refractivity contribution in [3.63, 3.8) is 0 Å². The van der Waals surface area contributed by atoms with E-state index in [1.165, 1.54) is 6.07 Å². The van der Waals surface area contributed by atoms with Gasteiger partial charge in [0.25, 0.3) is 0 Å². The summed E-state index contributed by atoms with van der Waals surface area (Å²) in [5.74, 6) is -2.53. The monoisotopic (exact) mass is 312 g/mol. The van der Waals surface area contributed by atoms with E-state index in [4.69, 9.17) is 5.11 Å². The highest BCUT2D eigenvalue weighted by Crippen LogP contribution is 2.49. The summed E-state index contributed by atoms with van der Waals surface area (Å²) in [5.41, 5.74) is 0.507. The van der Waals surface area contributed by atoms with Crippen LogP contribution in [0.3, 0.4) is 0 Å². The molecule has 0 radical (unpaired) electrons. The lowest BCUT2D eigenvalue weighted by Gasteiger charge is -2.08. The normalized spacial score (nSPS) is 20.9. The number of imidazole rings is 1. The van der Waals surface area contributed by atoms with Crippen LogP contribution in [0.4, 0.5) is 8.78 Å². The second kappa shape index (κ2) is 5.29. The molecule has 1 heterocycles. The fourth-order valence-corrected chi connectivity index (χ4v) is 3.41. The van der Waals surface area contributed by atoms with Gasteiger partial charge in [0, 0.05) is 6.04 Å². The van der Waals surface area contributed by atoms with E-state index in [1.54, 1.807) is 4.57 Å². The van der Waals surface area contributed by atoms with Crippen molar-refractivity contribution in [1.82, 2.24) is 9.55 Å². The second-order valence-corrected chi connectivity index (χ2v) is 6.09. The van der Waals surface area contributed by atoms with E-state index in [2.05, 4.69) is 4.98 Å². The zero-order chi connectivity index (χ0) is 15.1. The van der Waals surface area contributed by atoms with Crippen LogP contribution in [0.25, 0.3) is 11.0 Å². The summed E-state index contributed by atoms with van der Waals surface area (Å²) in [5, 5.41) is 9.24. The highest BCUT2D eigenvalue weighted by atomic mass is 32.2. The highest BCUT2D eigenvalue weighted by molar-refractivity contribution is 7.99. The minimum Gasteiger partial charge on any atom is -0.481 e. The molecule has 3 rings (SSSR count). The van der Waals surface area contributed by atoms with Crippen molar-refractivity contribution in [3.8, 4) is 0 Å². The predicted molar refractivity (Wildman–Crippen MR) is 75.4 cm³/mol. The number of hydrogen-bond acceptors (Lipinski definition) is 3. The van der Waals surface area contributed by atoms with Gasteiger partial charge in [-0.3, -0.25) is 4.79 Å². The van der Waals surface area contributed by atoms with Crippen LogP contribution < -0.4 is 0 Å². The van der Waals surface area contributed by atoms with Crippen LogP contribution in [0.1, 0.15) is 25.8 Å². The van der Waals surface area contributed by atoms with Crippen molar-refractivity contribution in [2.75, 3.05) is 5.75 Å². The van der Waals surface area contributed by atoms with Gasteiger partial charge >= 0.3 is 5.97 Å². The zero-order valence-electron chi connectivity index (χ0n) is 11.3. The predicted octanol–water partition coefficient (Wildman–Crippen LogP) is 3.46. The van der Waals surface area contributed by atoms with Crippen LogP contribution in [0, 0.1) is 17.6 Å². The first-order valence-corrected chi connectivity index (χ1v) is 7.72. The number of aromatic nitrogens is 2. The maximum absolute atomic E-state index is 14.1. The Labute approximate surface area is 124 Å². The van der Waals surface area contributed by atoms with Gasteiger partial charge in [0.2, 0.25) is 0 Å². The topological polar surface area (TPSA) is 55.1 Å². The number of rotatable bonds is 5. The van der Waals surface area contributed by atoms with E-state index in [9.17, 15) is 13.6 Å². The molecule has 1 aliphatic carbocycles. The Bertz CT molecular complexity index is 717. The van der Waals surface area contributed by atoms with Gasteiger partial charge in [-0.25, -0.2) is 13.8 Å². The third-order valence-electron chi connectivity index (χ3n) is 3.78. The molecule has 2 atom stereocenters. The lowest BCUT2D eigenvalue weighted by Crippen LogP contribution is -2.04. The van der Waals surface area contributed by atoms with E-state index >= 15 is 0 Å². The molecule has 1 aromatic heterocycles. The number of nitrogens with zero attached hydrogens (tertiary/aromatic N) is 2. The Morgan fingerprint density at radius 3 is 2.90 bits per heavy atom. The summed E-state index contributed by atoms with van der Waals surface area (Å²) < 4.78 is 29.3. The lowest BCUT2D eigenvalue weighted by atomic mass is 10.2. The summed E-state index contributed by atoms with van der Waals surface area (Å²) in [6.07, 6.45) is 1.84. The molecule has 1 N–H and O–H groups in total. The molecule has 1 aromatic carbocycles. The zero-order valence-corrected chi connectivity index (χ0v) is 12.2. The lowest BCUT2D eigenvalue weighted by molar-refractivity contribution is -0.133. The Morgan fingerprint density at radius 1 is 1.52 bits per heavy atom. The van der Waals surface area contributed by atoms with Gasteiger partial charge in [-0.2, -0.15) is 0 Å². The second-order valence-electron chi connectivity index (χ2n) is 5.15. The van der Waals surface area contributed by atoms with Gasteiger partial charge in [-0.1, -0.05) is 25.1 Å². The number of aliphatic carboxylic acids is 1. The molecule has 0 amide bonds. The fraction of sp³-hybridized carbons (Fsp3) is 0.429. The van der Waals surface area contributed by atoms with Gasteiger partial charge in [0.05, 0.1) is 11.3 Å². The van der Waals surface area contributed by atoms with Gasteiger partial charge in [0.15, 0.2) is 16.8 Å². The first-order valence-electron chi connectivity index (χ1n) is 6.73. The summed E-state index contributed by atoms with van der Waals surface area (Å²) in [6, 6.07) is 2.55. The summed E-state index contributed by atoms with van der Waals surface area (Å²) in [6.45, 7) is 2.05. The number of benzene rings is 1. The SMILES string of the molecule is CCC1CC1n1c(SCC(=O)O)nc2ccc(F)c(F)c21. The summed E-state index contributed by atoms with van der Waals surface area (Å²) in [4.78, 5) is 15.0. The molecule has 0 aliphatic heterocycles. The van der Waals surface area contributed by atoms with Crippen LogP contribution in [-0.2, 0) is 4.79 Å². The summed E-state index contributed by atoms with van der Waals surface area (Å²) >= 11 is 1.04. The number of halogens is 2. The Balaban J connectivity index is 2.11. The number of hydrogen-bond donors (Lipinski definition) is 1. The molecule has 2 aromatic rings. The van der Waals surface area contributed by atoms with Gasteiger partial charge in [-0.15, -0.1) is 0 Å². The Hall–Kier alpha value is -1.63. The van der Waals surface area contributed by atoms with Crippen molar-refractivity contribution in [2.45, 2.75) is 31.0 Å². The van der Waals surface area contributed by atoms with E-state index in [0.717, 1.165) is 30.7 Å². The van der Waals surface area contributed by atoms with Crippen molar-refractivity contribution in [2.24, 2.45) is 5.92 Å². The summed E-state index contributed by atoms with van der Waals surface area (Å²) in [7, 11) is 0. The Morgan fingerprint density at radius 2 is 2.29 bits per heavy atom. The fourth-order valence-electron chi connectivity index (χ4n) is 2.62. The van der Waals surface area contributed by atoms with E-state index in [0.29, 0.717) is 16.6 Å². The van der Waals surface area contributed by atoms with Crippen LogP contribution in [0.2, 0.25) is 0 Å². The van der Waals surface area contributed by atoms with Gasteiger partial charge in [-0.05, 0) is 24.5 Å². The van der Waals surface area contributed by atoms with E-state index in [-0.39, 0.29) is 17.3 Å². The minimum atomic E-state index is -0.965. The number of carboxylic acid groups (broad SMARTS) is 1. The van der Waals surface area contributed by atoms with Gasteiger partial charge in [0.1, 0.15) is 5.52 Å². The maximum Gasteiger partial charge on any atom is 0.313 e. The molecule has 0 bridgehead atoms. The molecule has 21 heavy (non-hydrogen) atoms. The molecule has 4 nitrogen and oxygen atoms in total. The quantitative estimate of drug-likeness (QED) is 0.859. The smallest absolute Gasteiger partial charge is 0.313 e. The average molecular weight is 312 g/mol. The molecular formula is C14H14F2N2O2S. The molecule has 1 aliphatic rings. The van der Waals surface area contributed by atoms with Crippen molar-refractivity contribution in [1.29, 1.82) is 0 Å². The molecule has 7 heteroatoms. The highest BCUT2D eigenvalue weighted by Gasteiger charge is 2.40. The third-order valence-corrected chi connectivity index (χ3v) is 4.71. The minimum absolute atomic E-state index is 0.0765. The van der Waals surface area contributed by atoms with Crippen LogP contribution in [-0.4, -0.2) is 26.4 Å². The van der Waals surface area contributed by atoms with E-state index in [1.807, 2.05) is 6.92 Å². The first-order chi connectivity index (χ1) is 10.0.